The van der Waals surface area contributed by atoms with E-state index in [1.165, 1.54) is 28.6 Å². The van der Waals surface area contributed by atoms with Crippen LogP contribution in [0.15, 0.2) is 29.2 Å². The van der Waals surface area contributed by atoms with Crippen molar-refractivity contribution in [3.8, 4) is 0 Å². The molecule has 0 aromatic heterocycles. The fourth-order valence-electron chi connectivity index (χ4n) is 3.26. The first kappa shape index (κ1) is 21.4. The zero-order valence-corrected chi connectivity index (χ0v) is 17.0. The van der Waals surface area contributed by atoms with Crippen LogP contribution < -0.4 is 0 Å². The van der Waals surface area contributed by atoms with E-state index in [2.05, 4.69) is 0 Å². The first-order chi connectivity index (χ1) is 12.8. The summed E-state index contributed by atoms with van der Waals surface area (Å²) in [5.41, 5.74) is 0.114. The lowest BCUT2D eigenvalue weighted by Crippen LogP contribution is -2.44. The van der Waals surface area contributed by atoms with E-state index in [0.29, 0.717) is 19.6 Å². The lowest BCUT2D eigenvalue weighted by atomic mass is 10.0. The summed E-state index contributed by atoms with van der Waals surface area (Å²) in [5.74, 6) is -0.924. The molecule has 1 aliphatic heterocycles. The Morgan fingerprint density at radius 3 is 2.56 bits per heavy atom. The van der Waals surface area contributed by atoms with Gasteiger partial charge in [0.25, 0.3) is 5.91 Å². The number of esters is 1. The highest BCUT2D eigenvalue weighted by atomic mass is 32.2. The smallest absolute Gasteiger partial charge is 0.338 e. The second kappa shape index (κ2) is 9.32. The molecule has 150 valence electrons. The predicted molar refractivity (Wildman–Crippen MR) is 102 cm³/mol. The number of carbonyl (C=O) groups is 2. The van der Waals surface area contributed by atoms with Gasteiger partial charge >= 0.3 is 5.97 Å². The highest BCUT2D eigenvalue weighted by Gasteiger charge is 2.25. The van der Waals surface area contributed by atoms with Gasteiger partial charge in [-0.2, -0.15) is 4.31 Å². The van der Waals surface area contributed by atoms with E-state index in [1.807, 2.05) is 6.92 Å². The van der Waals surface area contributed by atoms with Crippen LogP contribution in [-0.2, 0) is 19.6 Å². The third-order valence-corrected chi connectivity index (χ3v) is 6.91. The molecule has 1 aliphatic rings. The number of nitrogens with zero attached hydrogens (tertiary/aromatic N) is 2. The number of carbonyl (C=O) groups excluding carboxylic acids is 2. The van der Waals surface area contributed by atoms with Crippen molar-refractivity contribution in [2.24, 2.45) is 0 Å². The Balaban J connectivity index is 2.06. The maximum Gasteiger partial charge on any atom is 0.338 e. The molecule has 0 radical (unpaired) electrons. The summed E-state index contributed by atoms with van der Waals surface area (Å²) in [4.78, 5) is 26.4. The van der Waals surface area contributed by atoms with Gasteiger partial charge in [0.05, 0.1) is 10.5 Å². The van der Waals surface area contributed by atoms with E-state index in [0.717, 1.165) is 19.3 Å². The molecule has 1 aromatic rings. The molecule has 1 fully saturated rings. The fourth-order valence-corrected chi connectivity index (χ4v) is 4.76. The van der Waals surface area contributed by atoms with Gasteiger partial charge in [-0.05, 0) is 44.4 Å². The Hall–Kier alpha value is -1.93. The average molecular weight is 397 g/mol. The quantitative estimate of drug-likeness (QED) is 0.660. The van der Waals surface area contributed by atoms with Crippen LogP contribution in [0.4, 0.5) is 0 Å². The zero-order chi connectivity index (χ0) is 20.0. The minimum atomic E-state index is -3.66. The number of piperidine rings is 1. The maximum atomic E-state index is 12.6. The maximum absolute atomic E-state index is 12.6. The highest BCUT2D eigenvalue weighted by Crippen LogP contribution is 2.18. The van der Waals surface area contributed by atoms with Crippen LogP contribution in [-0.4, -0.2) is 61.8 Å². The Morgan fingerprint density at radius 2 is 1.93 bits per heavy atom. The molecular weight excluding hydrogens is 368 g/mol. The molecule has 1 aromatic carbocycles. The van der Waals surface area contributed by atoms with Crippen molar-refractivity contribution < 1.29 is 22.7 Å². The molecule has 0 saturated carbocycles. The predicted octanol–water partition coefficient (Wildman–Crippen LogP) is 2.27. The van der Waals surface area contributed by atoms with Crippen LogP contribution in [0.25, 0.3) is 0 Å². The van der Waals surface area contributed by atoms with Crippen molar-refractivity contribution in [1.82, 2.24) is 9.21 Å². The van der Waals surface area contributed by atoms with Crippen molar-refractivity contribution in [3.05, 3.63) is 29.8 Å². The number of ether oxygens (including phenoxy) is 1. The van der Waals surface area contributed by atoms with Gasteiger partial charge in [0, 0.05) is 25.7 Å². The Bertz CT molecular complexity index is 774. The van der Waals surface area contributed by atoms with Crippen molar-refractivity contribution in [2.75, 3.05) is 26.2 Å². The van der Waals surface area contributed by atoms with Crippen molar-refractivity contribution in [2.45, 2.75) is 51.0 Å². The van der Waals surface area contributed by atoms with E-state index >= 15 is 0 Å². The van der Waals surface area contributed by atoms with Crippen LogP contribution in [0.1, 0.15) is 50.4 Å². The highest BCUT2D eigenvalue weighted by molar-refractivity contribution is 7.89. The van der Waals surface area contributed by atoms with Crippen molar-refractivity contribution in [1.29, 1.82) is 0 Å². The van der Waals surface area contributed by atoms with Gasteiger partial charge in [-0.25, -0.2) is 13.2 Å². The first-order valence-electron chi connectivity index (χ1n) is 9.38. The summed E-state index contributed by atoms with van der Waals surface area (Å²) >= 11 is 0. The lowest BCUT2D eigenvalue weighted by Gasteiger charge is -2.33. The number of sulfonamides is 1. The van der Waals surface area contributed by atoms with Crippen LogP contribution in [0.5, 0.6) is 0 Å². The molecule has 0 N–H and O–H groups in total. The van der Waals surface area contributed by atoms with Crippen LogP contribution >= 0.6 is 0 Å². The van der Waals surface area contributed by atoms with E-state index in [4.69, 9.17) is 4.74 Å². The molecule has 0 aliphatic carbocycles. The summed E-state index contributed by atoms with van der Waals surface area (Å²) < 4.78 is 31.6. The molecule has 0 spiro atoms. The van der Waals surface area contributed by atoms with Gasteiger partial charge in [0.2, 0.25) is 10.0 Å². The number of benzene rings is 1. The van der Waals surface area contributed by atoms with Crippen molar-refractivity contribution >= 4 is 21.9 Å². The Labute approximate surface area is 161 Å². The van der Waals surface area contributed by atoms with E-state index < -0.39 is 16.0 Å². The summed E-state index contributed by atoms with van der Waals surface area (Å²) in [6.07, 6.45) is 3.00. The van der Waals surface area contributed by atoms with Crippen LogP contribution in [0, 0.1) is 0 Å². The molecule has 7 nitrogen and oxygen atoms in total. The lowest BCUT2D eigenvalue weighted by molar-refractivity contribution is -0.137. The van der Waals surface area contributed by atoms with Gasteiger partial charge in [-0.3, -0.25) is 4.79 Å². The van der Waals surface area contributed by atoms with Gasteiger partial charge in [-0.15, -0.1) is 0 Å². The van der Waals surface area contributed by atoms with E-state index in [-0.39, 0.29) is 29.0 Å². The summed E-state index contributed by atoms with van der Waals surface area (Å²) in [6, 6.07) is 5.88. The monoisotopic (exact) mass is 396 g/mol. The fraction of sp³-hybridized carbons (Fsp3) is 0.579. The largest absolute Gasteiger partial charge is 0.452 e. The Kier molecular flexibility index (Phi) is 7.38. The Morgan fingerprint density at radius 1 is 1.22 bits per heavy atom. The average Bonchev–Trinajstić information content (AvgIpc) is 2.67. The number of rotatable bonds is 7. The second-order valence-corrected chi connectivity index (χ2v) is 8.56. The van der Waals surface area contributed by atoms with Crippen LogP contribution in [0.3, 0.4) is 0 Å². The third-order valence-electron chi connectivity index (χ3n) is 4.86. The molecule has 0 bridgehead atoms. The molecule has 1 heterocycles. The van der Waals surface area contributed by atoms with Gasteiger partial charge in [-0.1, -0.05) is 19.9 Å². The molecule has 1 atom stereocenters. The molecule has 8 heteroatoms. The molecule has 27 heavy (non-hydrogen) atoms. The summed E-state index contributed by atoms with van der Waals surface area (Å²) in [6.45, 7) is 6.52. The van der Waals surface area contributed by atoms with Gasteiger partial charge in [0.1, 0.15) is 0 Å². The topological polar surface area (TPSA) is 84.0 Å². The van der Waals surface area contributed by atoms with Crippen molar-refractivity contribution in [3.63, 3.8) is 0 Å². The standard InChI is InChI=1S/C19H28N2O5S/c1-4-20(5-2)27(24,25)17-11-8-10-16(13-17)19(23)26-14-18(22)21-12-7-6-9-15(21)3/h8,10-11,13,15H,4-7,9,12,14H2,1-3H3/t15-/m0/s1. The van der Waals surface area contributed by atoms with Crippen LogP contribution in [0.2, 0.25) is 0 Å². The number of hydrogen-bond acceptors (Lipinski definition) is 5. The SMILES string of the molecule is CCN(CC)S(=O)(=O)c1cccc(C(=O)OCC(=O)N2CCCC[C@@H]2C)c1. The third kappa shape index (κ3) is 5.07. The molecular formula is C19H28N2O5S. The zero-order valence-electron chi connectivity index (χ0n) is 16.2. The number of hydrogen-bond donors (Lipinski definition) is 0. The second-order valence-electron chi connectivity index (χ2n) is 6.63. The number of likely N-dealkylation sites (tertiary alicyclic amines) is 1. The molecule has 2 rings (SSSR count). The molecule has 1 amide bonds. The molecule has 1 saturated heterocycles. The van der Waals surface area contributed by atoms with Gasteiger partial charge in [0.15, 0.2) is 6.61 Å². The minimum absolute atomic E-state index is 0.0385. The summed E-state index contributed by atoms with van der Waals surface area (Å²) in [5, 5.41) is 0. The van der Waals surface area contributed by atoms with Gasteiger partial charge < -0.3 is 9.64 Å². The number of amides is 1. The minimum Gasteiger partial charge on any atom is -0.452 e. The summed E-state index contributed by atoms with van der Waals surface area (Å²) in [7, 11) is -3.66. The van der Waals surface area contributed by atoms with E-state index in [1.54, 1.807) is 18.7 Å². The van der Waals surface area contributed by atoms with E-state index in [9.17, 15) is 18.0 Å². The first-order valence-corrected chi connectivity index (χ1v) is 10.8. The molecule has 0 unspecified atom stereocenters. The normalized spacial score (nSPS) is 17.8.